The maximum atomic E-state index is 12.1. The maximum Gasteiger partial charge on any atom is 0.270 e. The summed E-state index contributed by atoms with van der Waals surface area (Å²) >= 11 is 0. The van der Waals surface area contributed by atoms with Crippen LogP contribution in [0.25, 0.3) is 0 Å². The lowest BCUT2D eigenvalue weighted by Crippen LogP contribution is -2.29. The third-order valence-corrected chi connectivity index (χ3v) is 2.51. The maximum absolute atomic E-state index is 12.1. The molecule has 16 heavy (non-hydrogen) atoms. The zero-order valence-electron chi connectivity index (χ0n) is 10.4. The summed E-state index contributed by atoms with van der Waals surface area (Å²) in [6.07, 6.45) is 3.79. The van der Waals surface area contributed by atoms with Crippen molar-refractivity contribution in [3.8, 4) is 0 Å². The van der Waals surface area contributed by atoms with Gasteiger partial charge in [0, 0.05) is 26.3 Å². The minimum absolute atomic E-state index is 0.0481. The van der Waals surface area contributed by atoms with E-state index in [2.05, 4.69) is 13.8 Å². The Labute approximate surface area is 97.0 Å². The van der Waals surface area contributed by atoms with Gasteiger partial charge in [0.05, 0.1) is 5.69 Å². The highest BCUT2D eigenvalue weighted by molar-refractivity contribution is 5.93. The van der Waals surface area contributed by atoms with Crippen LogP contribution in [0.4, 0.5) is 5.69 Å². The SMILES string of the molecule is CCCN(C)C(=O)c1cc(N)cn1CCC. The van der Waals surface area contributed by atoms with Crippen LogP contribution in [-0.2, 0) is 6.54 Å². The van der Waals surface area contributed by atoms with E-state index in [0.29, 0.717) is 11.4 Å². The molecule has 1 amide bonds. The molecule has 0 aliphatic heterocycles. The molecular formula is C12H21N3O. The van der Waals surface area contributed by atoms with Crippen LogP contribution < -0.4 is 5.73 Å². The van der Waals surface area contributed by atoms with Gasteiger partial charge in [0.1, 0.15) is 5.69 Å². The highest BCUT2D eigenvalue weighted by Crippen LogP contribution is 2.13. The Kier molecular flexibility index (Phi) is 4.40. The van der Waals surface area contributed by atoms with Crippen molar-refractivity contribution in [1.82, 2.24) is 9.47 Å². The summed E-state index contributed by atoms with van der Waals surface area (Å²) < 4.78 is 1.93. The highest BCUT2D eigenvalue weighted by Gasteiger charge is 2.15. The molecule has 90 valence electrons. The van der Waals surface area contributed by atoms with E-state index in [1.54, 1.807) is 11.0 Å². The van der Waals surface area contributed by atoms with Crippen LogP contribution in [0.3, 0.4) is 0 Å². The minimum atomic E-state index is 0.0481. The minimum Gasteiger partial charge on any atom is -0.397 e. The fraction of sp³-hybridized carbons (Fsp3) is 0.583. The summed E-state index contributed by atoms with van der Waals surface area (Å²) in [4.78, 5) is 13.8. The second-order valence-electron chi connectivity index (χ2n) is 4.08. The van der Waals surface area contributed by atoms with E-state index in [0.717, 1.165) is 25.9 Å². The second-order valence-corrected chi connectivity index (χ2v) is 4.08. The number of carbonyl (C=O) groups is 1. The van der Waals surface area contributed by atoms with Crippen LogP contribution in [0, 0.1) is 0 Å². The molecule has 1 rings (SSSR count). The van der Waals surface area contributed by atoms with Crippen molar-refractivity contribution in [2.24, 2.45) is 0 Å². The fourth-order valence-electron chi connectivity index (χ4n) is 1.77. The van der Waals surface area contributed by atoms with Crippen molar-refractivity contribution in [2.45, 2.75) is 33.2 Å². The van der Waals surface area contributed by atoms with Crippen molar-refractivity contribution < 1.29 is 4.79 Å². The van der Waals surface area contributed by atoms with Gasteiger partial charge in [-0.3, -0.25) is 4.79 Å². The molecule has 2 N–H and O–H groups in total. The summed E-state index contributed by atoms with van der Waals surface area (Å²) in [6.45, 7) is 5.75. The molecule has 0 unspecified atom stereocenters. The van der Waals surface area contributed by atoms with E-state index < -0.39 is 0 Å². The lowest BCUT2D eigenvalue weighted by molar-refractivity contribution is 0.0784. The highest BCUT2D eigenvalue weighted by atomic mass is 16.2. The van der Waals surface area contributed by atoms with Gasteiger partial charge in [0.2, 0.25) is 0 Å². The Balaban J connectivity index is 2.89. The van der Waals surface area contributed by atoms with E-state index in [1.165, 1.54) is 0 Å². The predicted molar refractivity (Wildman–Crippen MR) is 66.4 cm³/mol. The Morgan fingerprint density at radius 3 is 2.69 bits per heavy atom. The number of nitrogens with two attached hydrogens (primary N) is 1. The van der Waals surface area contributed by atoms with Gasteiger partial charge in [-0.1, -0.05) is 13.8 Å². The molecule has 1 aromatic rings. The summed E-state index contributed by atoms with van der Waals surface area (Å²) in [5.41, 5.74) is 7.07. The molecule has 0 aliphatic carbocycles. The molecule has 0 saturated carbocycles. The number of amides is 1. The number of carbonyl (C=O) groups excluding carboxylic acids is 1. The average molecular weight is 223 g/mol. The number of anilines is 1. The van der Waals surface area contributed by atoms with Gasteiger partial charge in [0.15, 0.2) is 0 Å². The summed E-state index contributed by atoms with van der Waals surface area (Å²) in [7, 11) is 1.82. The largest absolute Gasteiger partial charge is 0.397 e. The lowest BCUT2D eigenvalue weighted by atomic mass is 10.3. The zero-order valence-corrected chi connectivity index (χ0v) is 10.4. The lowest BCUT2D eigenvalue weighted by Gasteiger charge is -2.17. The number of hydrogen-bond acceptors (Lipinski definition) is 2. The topological polar surface area (TPSA) is 51.3 Å². The normalized spacial score (nSPS) is 10.4. The van der Waals surface area contributed by atoms with Crippen molar-refractivity contribution in [2.75, 3.05) is 19.3 Å². The number of nitrogen functional groups attached to an aromatic ring is 1. The zero-order chi connectivity index (χ0) is 12.1. The second kappa shape index (κ2) is 5.58. The van der Waals surface area contributed by atoms with Gasteiger partial charge in [0.25, 0.3) is 5.91 Å². The van der Waals surface area contributed by atoms with E-state index in [-0.39, 0.29) is 5.91 Å². The molecule has 0 spiro atoms. The summed E-state index contributed by atoms with van der Waals surface area (Å²) in [5.74, 6) is 0.0481. The summed E-state index contributed by atoms with van der Waals surface area (Å²) in [6, 6.07) is 1.75. The van der Waals surface area contributed by atoms with Gasteiger partial charge in [-0.2, -0.15) is 0 Å². The number of rotatable bonds is 5. The van der Waals surface area contributed by atoms with Crippen LogP contribution in [0.5, 0.6) is 0 Å². The molecule has 0 aliphatic rings. The van der Waals surface area contributed by atoms with Crippen molar-refractivity contribution >= 4 is 11.6 Å². The molecule has 1 heterocycles. The molecule has 0 bridgehead atoms. The Morgan fingerprint density at radius 1 is 1.44 bits per heavy atom. The number of aryl methyl sites for hydroxylation is 1. The fourth-order valence-corrected chi connectivity index (χ4v) is 1.77. The Bertz CT molecular complexity index is 357. The molecule has 0 fully saturated rings. The first-order chi connectivity index (χ1) is 7.60. The first kappa shape index (κ1) is 12.6. The monoisotopic (exact) mass is 223 g/mol. The van der Waals surface area contributed by atoms with Gasteiger partial charge >= 0.3 is 0 Å². The number of hydrogen-bond donors (Lipinski definition) is 1. The Morgan fingerprint density at radius 2 is 2.12 bits per heavy atom. The first-order valence-electron chi connectivity index (χ1n) is 5.81. The summed E-state index contributed by atoms with van der Waals surface area (Å²) in [5, 5.41) is 0. The van der Waals surface area contributed by atoms with Gasteiger partial charge in [-0.15, -0.1) is 0 Å². The van der Waals surface area contributed by atoms with E-state index in [9.17, 15) is 4.79 Å². The molecule has 0 aromatic carbocycles. The molecule has 0 atom stereocenters. The van der Waals surface area contributed by atoms with Crippen molar-refractivity contribution in [1.29, 1.82) is 0 Å². The van der Waals surface area contributed by atoms with Crippen LogP contribution in [0.15, 0.2) is 12.3 Å². The molecule has 4 nitrogen and oxygen atoms in total. The predicted octanol–water partition coefficient (Wildman–Crippen LogP) is 1.96. The van der Waals surface area contributed by atoms with E-state index >= 15 is 0 Å². The van der Waals surface area contributed by atoms with Gasteiger partial charge in [-0.05, 0) is 18.9 Å². The molecule has 0 saturated heterocycles. The Hall–Kier alpha value is -1.45. The van der Waals surface area contributed by atoms with Gasteiger partial charge < -0.3 is 15.2 Å². The van der Waals surface area contributed by atoms with Crippen LogP contribution in [-0.4, -0.2) is 29.0 Å². The third kappa shape index (κ3) is 2.78. The van der Waals surface area contributed by atoms with Crippen LogP contribution >= 0.6 is 0 Å². The van der Waals surface area contributed by atoms with E-state index in [1.807, 2.05) is 17.8 Å². The average Bonchev–Trinajstić information content (AvgIpc) is 2.59. The first-order valence-corrected chi connectivity index (χ1v) is 5.81. The van der Waals surface area contributed by atoms with E-state index in [4.69, 9.17) is 5.73 Å². The quantitative estimate of drug-likeness (QED) is 0.829. The van der Waals surface area contributed by atoms with Crippen LogP contribution in [0.1, 0.15) is 37.2 Å². The van der Waals surface area contributed by atoms with Crippen LogP contribution in [0.2, 0.25) is 0 Å². The standard InChI is InChI=1S/C12H21N3O/c1-4-6-14(3)12(16)11-8-10(13)9-15(11)7-5-2/h8-9H,4-7,13H2,1-3H3. The van der Waals surface area contributed by atoms with Crippen molar-refractivity contribution in [3.05, 3.63) is 18.0 Å². The molecule has 4 heteroatoms. The smallest absolute Gasteiger partial charge is 0.270 e. The number of aromatic nitrogens is 1. The van der Waals surface area contributed by atoms with Crippen molar-refractivity contribution in [3.63, 3.8) is 0 Å². The third-order valence-electron chi connectivity index (χ3n) is 2.51. The molecular weight excluding hydrogens is 202 g/mol. The number of nitrogens with zero attached hydrogens (tertiary/aromatic N) is 2. The molecule has 0 radical (unpaired) electrons. The molecule has 1 aromatic heterocycles. The van der Waals surface area contributed by atoms with Gasteiger partial charge in [-0.25, -0.2) is 0 Å².